The summed E-state index contributed by atoms with van der Waals surface area (Å²) < 4.78 is 0. The van der Waals surface area contributed by atoms with E-state index >= 15 is 0 Å². The van der Waals surface area contributed by atoms with Crippen molar-refractivity contribution in [2.24, 2.45) is 11.1 Å². The van der Waals surface area contributed by atoms with E-state index in [-0.39, 0.29) is 11.5 Å². The zero-order valence-electron chi connectivity index (χ0n) is 12.2. The van der Waals surface area contributed by atoms with Gasteiger partial charge in [0.05, 0.1) is 0 Å². The quantitative estimate of drug-likeness (QED) is 0.863. The highest BCUT2D eigenvalue weighted by molar-refractivity contribution is 5.50. The minimum atomic E-state index is 0.0354. The molecule has 2 aromatic rings. The lowest BCUT2D eigenvalue weighted by molar-refractivity contribution is 0.278. The summed E-state index contributed by atoms with van der Waals surface area (Å²) in [6.45, 7) is 6.52. The van der Waals surface area contributed by atoms with E-state index in [0.29, 0.717) is 5.82 Å². The van der Waals surface area contributed by atoms with Gasteiger partial charge in [-0.1, -0.05) is 13.8 Å². The van der Waals surface area contributed by atoms with Gasteiger partial charge in [0.25, 0.3) is 0 Å². The summed E-state index contributed by atoms with van der Waals surface area (Å²) >= 11 is 0. The maximum Gasteiger partial charge on any atom is 0.178 e. The molecule has 0 aromatic carbocycles. The van der Waals surface area contributed by atoms with Gasteiger partial charge in [-0.2, -0.15) is 0 Å². The molecule has 104 valence electrons. The average molecular weight is 268 g/mol. The maximum absolute atomic E-state index is 6.24. The fourth-order valence-corrected chi connectivity index (χ4v) is 2.89. The van der Waals surface area contributed by atoms with Crippen LogP contribution in [0.2, 0.25) is 0 Å². The first-order valence-electron chi connectivity index (χ1n) is 6.99. The number of rotatable bonds is 1. The van der Waals surface area contributed by atoms with Gasteiger partial charge in [-0.25, -0.2) is 9.97 Å². The summed E-state index contributed by atoms with van der Waals surface area (Å²) in [5, 5.41) is 0. The number of hydrogen-bond acceptors (Lipinski definition) is 4. The Kier molecular flexibility index (Phi) is 3.05. The van der Waals surface area contributed by atoms with Crippen molar-refractivity contribution in [3.63, 3.8) is 0 Å². The van der Waals surface area contributed by atoms with Crippen LogP contribution in [0.3, 0.4) is 0 Å². The van der Waals surface area contributed by atoms with E-state index < -0.39 is 0 Å². The predicted molar refractivity (Wildman–Crippen MR) is 79.0 cm³/mol. The van der Waals surface area contributed by atoms with Crippen molar-refractivity contribution >= 4 is 0 Å². The standard InChI is InChI=1S/C16H20N4/c1-10-4-5-18-13(6-10)15-19-9-11-12(17)7-16(2,3)8-14(11)20-15/h4-6,9,12H,7-8,17H2,1-3H3. The summed E-state index contributed by atoms with van der Waals surface area (Å²) in [7, 11) is 0. The molecule has 0 saturated heterocycles. The molecule has 4 nitrogen and oxygen atoms in total. The predicted octanol–water partition coefficient (Wildman–Crippen LogP) is 2.82. The molecule has 0 fully saturated rings. The van der Waals surface area contributed by atoms with Gasteiger partial charge in [0.15, 0.2) is 5.82 Å². The van der Waals surface area contributed by atoms with Crippen molar-refractivity contribution in [1.82, 2.24) is 15.0 Å². The van der Waals surface area contributed by atoms with Crippen LogP contribution in [0.5, 0.6) is 0 Å². The van der Waals surface area contributed by atoms with E-state index in [1.165, 1.54) is 0 Å². The lowest BCUT2D eigenvalue weighted by Gasteiger charge is -2.34. The highest BCUT2D eigenvalue weighted by Crippen LogP contribution is 2.38. The SMILES string of the molecule is Cc1ccnc(-c2ncc3c(n2)CC(C)(C)CC3N)c1. The Balaban J connectivity index is 2.05. The van der Waals surface area contributed by atoms with E-state index in [2.05, 4.69) is 23.8 Å². The van der Waals surface area contributed by atoms with Crippen LogP contribution in [0.25, 0.3) is 11.5 Å². The fraction of sp³-hybridized carbons (Fsp3) is 0.438. The first-order chi connectivity index (χ1) is 9.44. The second-order valence-corrected chi connectivity index (χ2v) is 6.47. The Bertz CT molecular complexity index is 649. The molecule has 2 aromatic heterocycles. The topological polar surface area (TPSA) is 64.7 Å². The molecule has 1 atom stereocenters. The molecule has 0 aliphatic heterocycles. The molecule has 1 aliphatic carbocycles. The number of hydrogen-bond donors (Lipinski definition) is 1. The van der Waals surface area contributed by atoms with Gasteiger partial charge >= 0.3 is 0 Å². The molecule has 3 rings (SSSR count). The van der Waals surface area contributed by atoms with Crippen molar-refractivity contribution in [2.45, 2.75) is 39.7 Å². The molecule has 0 amide bonds. The van der Waals surface area contributed by atoms with E-state index in [9.17, 15) is 0 Å². The van der Waals surface area contributed by atoms with Crippen LogP contribution in [0.15, 0.2) is 24.5 Å². The molecular weight excluding hydrogens is 248 g/mol. The van der Waals surface area contributed by atoms with Gasteiger partial charge in [-0.3, -0.25) is 4.98 Å². The van der Waals surface area contributed by atoms with Crippen LogP contribution >= 0.6 is 0 Å². The van der Waals surface area contributed by atoms with Crippen LogP contribution in [0.1, 0.15) is 43.1 Å². The Morgan fingerprint density at radius 3 is 2.85 bits per heavy atom. The zero-order valence-corrected chi connectivity index (χ0v) is 12.2. The van der Waals surface area contributed by atoms with Crippen molar-refractivity contribution in [2.75, 3.05) is 0 Å². The molecule has 2 N–H and O–H groups in total. The Hall–Kier alpha value is -1.81. The van der Waals surface area contributed by atoms with E-state index in [0.717, 1.165) is 35.4 Å². The van der Waals surface area contributed by atoms with Gasteiger partial charge in [0.2, 0.25) is 0 Å². The van der Waals surface area contributed by atoms with Gasteiger partial charge < -0.3 is 5.73 Å². The van der Waals surface area contributed by atoms with Crippen molar-refractivity contribution in [3.05, 3.63) is 41.3 Å². The van der Waals surface area contributed by atoms with Crippen LogP contribution in [0.4, 0.5) is 0 Å². The number of fused-ring (bicyclic) bond motifs is 1. The summed E-state index contributed by atoms with van der Waals surface area (Å²) in [5.74, 6) is 0.692. The van der Waals surface area contributed by atoms with E-state index in [4.69, 9.17) is 10.7 Å². The van der Waals surface area contributed by atoms with Crippen LogP contribution in [-0.4, -0.2) is 15.0 Å². The largest absolute Gasteiger partial charge is 0.324 e. The molecule has 0 spiro atoms. The molecule has 4 heteroatoms. The molecule has 0 saturated carbocycles. The highest BCUT2D eigenvalue weighted by Gasteiger charge is 2.31. The maximum atomic E-state index is 6.24. The Morgan fingerprint density at radius 2 is 2.10 bits per heavy atom. The molecule has 1 aliphatic rings. The lowest BCUT2D eigenvalue weighted by atomic mass is 9.74. The first-order valence-corrected chi connectivity index (χ1v) is 6.99. The molecular formula is C16H20N4. The number of nitrogens with zero attached hydrogens (tertiary/aromatic N) is 3. The van der Waals surface area contributed by atoms with Crippen molar-refractivity contribution in [1.29, 1.82) is 0 Å². The summed E-state index contributed by atoms with van der Waals surface area (Å²) in [5.41, 5.74) is 10.6. The minimum absolute atomic E-state index is 0.0354. The van der Waals surface area contributed by atoms with Crippen molar-refractivity contribution in [3.8, 4) is 11.5 Å². The molecule has 2 heterocycles. The Morgan fingerprint density at radius 1 is 1.30 bits per heavy atom. The van der Waals surface area contributed by atoms with Crippen LogP contribution in [0, 0.1) is 12.3 Å². The molecule has 0 bridgehead atoms. The summed E-state index contributed by atoms with van der Waals surface area (Å²) in [4.78, 5) is 13.5. The third-order valence-corrected chi connectivity index (χ3v) is 3.86. The first kappa shape index (κ1) is 13.2. The van der Waals surface area contributed by atoms with E-state index in [1.807, 2.05) is 25.3 Å². The monoisotopic (exact) mass is 268 g/mol. The third kappa shape index (κ3) is 2.43. The third-order valence-electron chi connectivity index (χ3n) is 3.86. The number of pyridine rings is 1. The van der Waals surface area contributed by atoms with E-state index in [1.54, 1.807) is 6.20 Å². The van der Waals surface area contributed by atoms with Gasteiger partial charge in [0.1, 0.15) is 5.69 Å². The van der Waals surface area contributed by atoms with Gasteiger partial charge in [-0.15, -0.1) is 0 Å². The average Bonchev–Trinajstić information content (AvgIpc) is 2.36. The van der Waals surface area contributed by atoms with Gasteiger partial charge in [-0.05, 0) is 42.9 Å². The molecule has 0 radical (unpaired) electrons. The number of aromatic nitrogens is 3. The molecule has 20 heavy (non-hydrogen) atoms. The zero-order chi connectivity index (χ0) is 14.3. The second kappa shape index (κ2) is 4.63. The van der Waals surface area contributed by atoms with Crippen molar-refractivity contribution < 1.29 is 0 Å². The summed E-state index contributed by atoms with van der Waals surface area (Å²) in [6, 6.07) is 4.02. The number of aryl methyl sites for hydroxylation is 1. The van der Waals surface area contributed by atoms with Gasteiger partial charge in [0, 0.05) is 29.7 Å². The lowest BCUT2D eigenvalue weighted by Crippen LogP contribution is -2.30. The molecule has 1 unspecified atom stereocenters. The second-order valence-electron chi connectivity index (χ2n) is 6.47. The summed E-state index contributed by atoms with van der Waals surface area (Å²) in [6.07, 6.45) is 5.59. The minimum Gasteiger partial charge on any atom is -0.324 e. The highest BCUT2D eigenvalue weighted by atomic mass is 14.9. The normalized spacial score (nSPS) is 20.5. The Labute approximate surface area is 119 Å². The number of nitrogens with two attached hydrogens (primary N) is 1. The van der Waals surface area contributed by atoms with Crippen LogP contribution in [-0.2, 0) is 6.42 Å². The van der Waals surface area contributed by atoms with Crippen LogP contribution < -0.4 is 5.73 Å². The fourth-order valence-electron chi connectivity index (χ4n) is 2.89. The smallest absolute Gasteiger partial charge is 0.178 e.